The minimum Gasteiger partial charge on any atom is -0.387 e. The van der Waals surface area contributed by atoms with E-state index >= 15 is 0 Å². The average Bonchev–Trinajstić information content (AvgIpc) is 3.33. The van der Waals surface area contributed by atoms with Gasteiger partial charge in [0.05, 0.1) is 6.10 Å². The second kappa shape index (κ2) is 6.22. The lowest BCUT2D eigenvalue weighted by Gasteiger charge is -2.35. The molecule has 1 atom stereocenters. The normalized spacial score (nSPS) is 22.9. The summed E-state index contributed by atoms with van der Waals surface area (Å²) in [5.41, 5.74) is 7.70. The van der Waals surface area contributed by atoms with Crippen molar-refractivity contribution in [3.63, 3.8) is 0 Å². The van der Waals surface area contributed by atoms with E-state index in [2.05, 4.69) is 9.80 Å². The van der Waals surface area contributed by atoms with Crippen molar-refractivity contribution in [1.29, 1.82) is 0 Å². The van der Waals surface area contributed by atoms with E-state index in [4.69, 9.17) is 5.73 Å². The lowest BCUT2D eigenvalue weighted by molar-refractivity contribution is 0.0700. The number of benzene rings is 1. The molecule has 20 heavy (non-hydrogen) atoms. The summed E-state index contributed by atoms with van der Waals surface area (Å²) in [6.07, 6.45) is 2.38. The molecule has 0 radical (unpaired) electrons. The molecule has 3 N–H and O–H groups in total. The van der Waals surface area contributed by atoms with E-state index in [1.54, 1.807) is 0 Å². The minimum atomic E-state index is -0.394. The zero-order valence-electron chi connectivity index (χ0n) is 12.0. The van der Waals surface area contributed by atoms with Gasteiger partial charge in [-0.15, -0.1) is 0 Å². The molecular formula is C16H25N3O. The number of piperazine rings is 1. The summed E-state index contributed by atoms with van der Waals surface area (Å²) >= 11 is 0. The maximum atomic E-state index is 10.3. The average molecular weight is 275 g/mol. The van der Waals surface area contributed by atoms with Crippen molar-refractivity contribution < 1.29 is 5.11 Å². The molecule has 1 aromatic rings. The smallest absolute Gasteiger partial charge is 0.0916 e. The van der Waals surface area contributed by atoms with Gasteiger partial charge in [0, 0.05) is 45.3 Å². The predicted molar refractivity (Wildman–Crippen MR) is 80.3 cm³/mol. The van der Waals surface area contributed by atoms with Gasteiger partial charge in [-0.1, -0.05) is 24.3 Å². The van der Waals surface area contributed by atoms with Gasteiger partial charge in [-0.25, -0.2) is 0 Å². The molecule has 0 spiro atoms. The molecule has 1 saturated heterocycles. The summed E-state index contributed by atoms with van der Waals surface area (Å²) in [5, 5.41) is 10.3. The third kappa shape index (κ3) is 3.38. The lowest BCUT2D eigenvalue weighted by Crippen LogP contribution is -2.48. The van der Waals surface area contributed by atoms with Crippen molar-refractivity contribution in [3.05, 3.63) is 35.4 Å². The van der Waals surface area contributed by atoms with Crippen molar-refractivity contribution in [3.8, 4) is 0 Å². The highest BCUT2D eigenvalue weighted by Gasteiger charge is 2.31. The largest absolute Gasteiger partial charge is 0.387 e. The van der Waals surface area contributed by atoms with Crippen molar-refractivity contribution in [2.75, 3.05) is 32.7 Å². The molecular weight excluding hydrogens is 250 g/mol. The Labute approximate surface area is 121 Å². The van der Waals surface area contributed by atoms with Gasteiger partial charge >= 0.3 is 0 Å². The number of hydrogen-bond donors (Lipinski definition) is 2. The first-order valence-corrected chi connectivity index (χ1v) is 7.69. The zero-order chi connectivity index (χ0) is 13.9. The highest BCUT2D eigenvalue weighted by molar-refractivity contribution is 5.24. The molecule has 4 heteroatoms. The molecule has 1 heterocycles. The number of rotatable bonds is 5. The van der Waals surface area contributed by atoms with Crippen LogP contribution in [-0.2, 0) is 6.54 Å². The maximum Gasteiger partial charge on any atom is 0.0916 e. The number of nitrogens with two attached hydrogens (primary N) is 1. The van der Waals surface area contributed by atoms with Gasteiger partial charge in [0.2, 0.25) is 0 Å². The minimum absolute atomic E-state index is 0.394. The molecule has 2 fully saturated rings. The fraction of sp³-hybridized carbons (Fsp3) is 0.625. The quantitative estimate of drug-likeness (QED) is 0.840. The Hall–Kier alpha value is -0.940. The van der Waals surface area contributed by atoms with E-state index in [1.807, 2.05) is 24.3 Å². The third-order valence-corrected chi connectivity index (χ3v) is 4.50. The van der Waals surface area contributed by atoms with Crippen LogP contribution < -0.4 is 5.73 Å². The summed E-state index contributed by atoms with van der Waals surface area (Å²) in [7, 11) is 0. The van der Waals surface area contributed by atoms with E-state index in [1.165, 1.54) is 12.8 Å². The van der Waals surface area contributed by atoms with Crippen molar-refractivity contribution in [1.82, 2.24) is 9.80 Å². The number of aliphatic hydroxyl groups excluding tert-OH is 1. The summed E-state index contributed by atoms with van der Waals surface area (Å²) in [4.78, 5) is 4.97. The highest BCUT2D eigenvalue weighted by Crippen LogP contribution is 2.27. The lowest BCUT2D eigenvalue weighted by atomic mass is 10.1. The van der Waals surface area contributed by atoms with Crippen LogP contribution in [0.25, 0.3) is 0 Å². The Kier molecular flexibility index (Phi) is 4.36. The molecule has 1 aliphatic carbocycles. The van der Waals surface area contributed by atoms with E-state index in [0.717, 1.165) is 49.9 Å². The van der Waals surface area contributed by atoms with Crippen LogP contribution in [0, 0.1) is 0 Å². The first kappa shape index (κ1) is 14.0. The van der Waals surface area contributed by atoms with Crippen molar-refractivity contribution >= 4 is 0 Å². The van der Waals surface area contributed by atoms with Crippen LogP contribution in [0.5, 0.6) is 0 Å². The Morgan fingerprint density at radius 1 is 1.10 bits per heavy atom. The SMILES string of the molecule is NCc1ccc(C(O)CN2CCN(C3CC3)CC2)cc1. The summed E-state index contributed by atoms with van der Waals surface area (Å²) in [5.74, 6) is 0. The summed E-state index contributed by atoms with van der Waals surface area (Å²) < 4.78 is 0. The Morgan fingerprint density at radius 2 is 1.75 bits per heavy atom. The topological polar surface area (TPSA) is 52.7 Å². The molecule has 4 nitrogen and oxygen atoms in total. The Balaban J connectivity index is 1.49. The van der Waals surface area contributed by atoms with Crippen molar-refractivity contribution in [2.45, 2.75) is 31.5 Å². The summed E-state index contributed by atoms with van der Waals surface area (Å²) in [6.45, 7) is 5.76. The van der Waals surface area contributed by atoms with Gasteiger partial charge in [0.1, 0.15) is 0 Å². The first-order chi connectivity index (χ1) is 9.76. The first-order valence-electron chi connectivity index (χ1n) is 7.69. The predicted octanol–water partition coefficient (Wildman–Crippen LogP) is 0.959. The second-order valence-electron chi connectivity index (χ2n) is 6.03. The van der Waals surface area contributed by atoms with E-state index in [0.29, 0.717) is 6.54 Å². The van der Waals surface area contributed by atoms with Crippen LogP contribution in [0.3, 0.4) is 0 Å². The van der Waals surface area contributed by atoms with Gasteiger partial charge in [0.15, 0.2) is 0 Å². The monoisotopic (exact) mass is 275 g/mol. The standard InChI is InChI=1S/C16H25N3O/c17-11-13-1-3-14(4-2-13)16(20)12-18-7-9-19(10-8-18)15-5-6-15/h1-4,15-16,20H,5-12,17H2. The van der Waals surface area contributed by atoms with Crippen LogP contribution in [0.15, 0.2) is 24.3 Å². The fourth-order valence-electron chi connectivity index (χ4n) is 2.98. The van der Waals surface area contributed by atoms with Crippen LogP contribution in [0.1, 0.15) is 30.1 Å². The van der Waals surface area contributed by atoms with Crippen LogP contribution in [-0.4, -0.2) is 53.7 Å². The van der Waals surface area contributed by atoms with Gasteiger partial charge in [-0.2, -0.15) is 0 Å². The van der Waals surface area contributed by atoms with Crippen LogP contribution in [0.4, 0.5) is 0 Å². The van der Waals surface area contributed by atoms with Gasteiger partial charge in [-0.05, 0) is 24.0 Å². The van der Waals surface area contributed by atoms with Crippen LogP contribution >= 0.6 is 0 Å². The molecule has 1 aliphatic heterocycles. The molecule has 0 aromatic heterocycles. The third-order valence-electron chi connectivity index (χ3n) is 4.50. The zero-order valence-corrected chi connectivity index (χ0v) is 12.0. The number of β-amino-alcohol motifs (C(OH)–C–C–N with tert-alkyl or cyclic N) is 1. The van der Waals surface area contributed by atoms with Crippen molar-refractivity contribution in [2.24, 2.45) is 5.73 Å². The molecule has 1 aromatic carbocycles. The molecule has 1 saturated carbocycles. The molecule has 2 aliphatic rings. The van der Waals surface area contributed by atoms with E-state index < -0.39 is 6.10 Å². The number of aliphatic hydroxyl groups is 1. The Morgan fingerprint density at radius 3 is 2.30 bits per heavy atom. The Bertz CT molecular complexity index is 422. The second-order valence-corrected chi connectivity index (χ2v) is 6.03. The molecule has 0 amide bonds. The van der Waals surface area contributed by atoms with Gasteiger partial charge < -0.3 is 10.8 Å². The van der Waals surface area contributed by atoms with Crippen LogP contribution in [0.2, 0.25) is 0 Å². The number of hydrogen-bond acceptors (Lipinski definition) is 4. The molecule has 3 rings (SSSR count). The van der Waals surface area contributed by atoms with Gasteiger partial charge in [-0.3, -0.25) is 9.80 Å². The molecule has 0 bridgehead atoms. The maximum absolute atomic E-state index is 10.3. The van der Waals surface area contributed by atoms with E-state index in [9.17, 15) is 5.11 Å². The summed E-state index contributed by atoms with van der Waals surface area (Å²) in [6, 6.07) is 8.86. The number of nitrogens with zero attached hydrogens (tertiary/aromatic N) is 2. The van der Waals surface area contributed by atoms with Gasteiger partial charge in [0.25, 0.3) is 0 Å². The fourth-order valence-corrected chi connectivity index (χ4v) is 2.98. The van der Waals surface area contributed by atoms with E-state index in [-0.39, 0.29) is 0 Å². The highest BCUT2D eigenvalue weighted by atomic mass is 16.3. The molecule has 1 unspecified atom stereocenters. The molecule has 110 valence electrons.